The molecule has 0 aliphatic carbocycles. The van der Waals surface area contributed by atoms with Gasteiger partial charge in [0.2, 0.25) is 0 Å². The van der Waals surface area contributed by atoms with Crippen LogP contribution in [-0.4, -0.2) is 115 Å². The number of hydrogen-bond donors (Lipinski definition) is 0. The molecule has 9 heteroatoms. The third-order valence-electron chi connectivity index (χ3n) is 4.22. The van der Waals surface area contributed by atoms with Crippen LogP contribution in [0.4, 0.5) is 0 Å². The van der Waals surface area contributed by atoms with E-state index >= 15 is 0 Å². The van der Waals surface area contributed by atoms with Gasteiger partial charge in [-0.1, -0.05) is 7.43 Å². The Labute approximate surface area is 228 Å². The van der Waals surface area contributed by atoms with Crippen LogP contribution < -0.4 is 0 Å². The fraction of sp³-hybridized carbons (Fsp3) is 1.00. The molecule has 37 heavy (non-hydrogen) atoms. The van der Waals surface area contributed by atoms with Crippen molar-refractivity contribution in [2.24, 2.45) is 0 Å². The van der Waals surface area contributed by atoms with Gasteiger partial charge in [0, 0.05) is 0 Å². The van der Waals surface area contributed by atoms with E-state index in [0.29, 0.717) is 92.5 Å². The second-order valence-electron chi connectivity index (χ2n) is 11.4. The molecule has 9 nitrogen and oxygen atoms in total. The summed E-state index contributed by atoms with van der Waals surface area (Å²) in [6.07, 6.45) is -0.201. The highest BCUT2D eigenvalue weighted by Gasteiger charge is 2.12. The van der Waals surface area contributed by atoms with Crippen LogP contribution in [0.3, 0.4) is 0 Å². The van der Waals surface area contributed by atoms with Crippen LogP contribution in [0.1, 0.15) is 69.7 Å². The zero-order chi connectivity index (χ0) is 27.3. The van der Waals surface area contributed by atoms with Gasteiger partial charge in [-0.3, -0.25) is 0 Å². The SMILES string of the molecule is C.CC(C)(C)OCCOCCOCC(COCCOCCOC(C)(C)C)OCCOCCOC(C)(C)C. The fourth-order valence-electron chi connectivity index (χ4n) is 2.61. The fourth-order valence-corrected chi connectivity index (χ4v) is 2.61. The van der Waals surface area contributed by atoms with Crippen molar-refractivity contribution in [2.45, 2.75) is 92.6 Å². The van der Waals surface area contributed by atoms with E-state index in [1.165, 1.54) is 0 Å². The van der Waals surface area contributed by atoms with Crippen LogP contribution in [0.15, 0.2) is 0 Å². The minimum atomic E-state index is -0.201. The third-order valence-corrected chi connectivity index (χ3v) is 4.22. The first-order chi connectivity index (χ1) is 16.8. The van der Waals surface area contributed by atoms with E-state index in [4.69, 9.17) is 42.6 Å². The molecule has 0 saturated carbocycles. The van der Waals surface area contributed by atoms with Gasteiger partial charge < -0.3 is 42.6 Å². The second kappa shape index (κ2) is 22.5. The van der Waals surface area contributed by atoms with Gasteiger partial charge in [-0.2, -0.15) is 0 Å². The zero-order valence-corrected chi connectivity index (χ0v) is 24.7. The van der Waals surface area contributed by atoms with Crippen LogP contribution in [0.2, 0.25) is 0 Å². The molecule has 0 bridgehead atoms. The van der Waals surface area contributed by atoms with Gasteiger partial charge in [0.1, 0.15) is 6.10 Å². The summed E-state index contributed by atoms with van der Waals surface area (Å²) in [5, 5.41) is 0. The third kappa shape index (κ3) is 33.6. The monoisotopic (exact) mass is 540 g/mol. The maximum atomic E-state index is 5.92. The summed E-state index contributed by atoms with van der Waals surface area (Å²) < 4.78 is 51.0. The molecule has 0 aromatic heterocycles. The largest absolute Gasteiger partial charge is 0.377 e. The number of hydrogen-bond acceptors (Lipinski definition) is 9. The molecule has 0 heterocycles. The van der Waals surface area contributed by atoms with E-state index in [0.717, 1.165) is 0 Å². The van der Waals surface area contributed by atoms with Gasteiger partial charge >= 0.3 is 0 Å². The highest BCUT2D eigenvalue weighted by molar-refractivity contribution is 4.60. The minimum Gasteiger partial charge on any atom is -0.377 e. The summed E-state index contributed by atoms with van der Waals surface area (Å²) in [5.41, 5.74) is -0.468. The molecule has 0 unspecified atom stereocenters. The van der Waals surface area contributed by atoms with Gasteiger partial charge in [-0.25, -0.2) is 0 Å². The van der Waals surface area contributed by atoms with Crippen molar-refractivity contribution in [3.05, 3.63) is 0 Å². The molecule has 0 saturated heterocycles. The van der Waals surface area contributed by atoms with E-state index in [1.807, 2.05) is 62.3 Å². The molecule has 0 aliphatic rings. The first kappa shape index (κ1) is 38.8. The molecule has 0 N–H and O–H groups in total. The minimum absolute atomic E-state index is 0. The van der Waals surface area contributed by atoms with Gasteiger partial charge in [0.25, 0.3) is 0 Å². The molecule has 0 amide bonds. The summed E-state index contributed by atoms with van der Waals surface area (Å²) in [6.45, 7) is 25.2. The Kier molecular flexibility index (Phi) is 23.5. The Balaban J connectivity index is 0. The molecule has 0 rings (SSSR count). The van der Waals surface area contributed by atoms with Crippen LogP contribution in [-0.2, 0) is 42.6 Å². The van der Waals surface area contributed by atoms with E-state index in [-0.39, 0.29) is 30.3 Å². The molecule has 0 spiro atoms. The van der Waals surface area contributed by atoms with E-state index < -0.39 is 0 Å². The van der Waals surface area contributed by atoms with Crippen LogP contribution >= 0.6 is 0 Å². The van der Waals surface area contributed by atoms with Gasteiger partial charge in [-0.15, -0.1) is 0 Å². The lowest BCUT2D eigenvalue weighted by atomic mass is 10.2. The van der Waals surface area contributed by atoms with Crippen molar-refractivity contribution < 1.29 is 42.6 Å². The first-order valence-electron chi connectivity index (χ1n) is 13.2. The molecule has 0 radical (unpaired) electrons. The zero-order valence-electron chi connectivity index (χ0n) is 24.7. The highest BCUT2D eigenvalue weighted by Crippen LogP contribution is 2.07. The Bertz CT molecular complexity index is 452. The van der Waals surface area contributed by atoms with Gasteiger partial charge in [0.15, 0.2) is 0 Å². The van der Waals surface area contributed by atoms with Crippen LogP contribution in [0, 0.1) is 0 Å². The molecule has 0 aromatic carbocycles. The molecule has 0 fully saturated rings. The van der Waals surface area contributed by atoms with Gasteiger partial charge in [0.05, 0.1) is 109 Å². The Morgan fingerprint density at radius 2 is 0.649 bits per heavy atom. The Morgan fingerprint density at radius 3 is 0.973 bits per heavy atom. The molecule has 0 atom stereocenters. The maximum absolute atomic E-state index is 5.92. The standard InChI is InChI=1S/C27H56O9.CH4/c1-25(2,3)34-19-15-28-10-12-31-22-24(33-18-14-30-17-21-36-27(7,8)9)23-32-13-11-29-16-20-35-26(4,5)6;/h24H,10-23H2,1-9H3;1H4. The summed E-state index contributed by atoms with van der Waals surface area (Å²) in [7, 11) is 0. The number of ether oxygens (including phenoxy) is 9. The summed E-state index contributed by atoms with van der Waals surface area (Å²) in [4.78, 5) is 0. The van der Waals surface area contributed by atoms with Crippen LogP contribution in [0.5, 0.6) is 0 Å². The predicted octanol–water partition coefficient (Wildman–Crippen LogP) is 4.54. The van der Waals surface area contributed by atoms with Crippen molar-refractivity contribution in [1.82, 2.24) is 0 Å². The summed E-state index contributed by atoms with van der Waals surface area (Å²) in [6, 6.07) is 0. The van der Waals surface area contributed by atoms with Crippen molar-refractivity contribution in [1.29, 1.82) is 0 Å². The number of rotatable bonds is 23. The van der Waals surface area contributed by atoms with Crippen molar-refractivity contribution in [2.75, 3.05) is 92.5 Å². The van der Waals surface area contributed by atoms with Crippen molar-refractivity contribution in [3.8, 4) is 0 Å². The second-order valence-corrected chi connectivity index (χ2v) is 11.4. The normalized spacial score (nSPS) is 12.8. The average molecular weight is 541 g/mol. The topological polar surface area (TPSA) is 83.1 Å². The quantitative estimate of drug-likeness (QED) is 0.174. The predicted molar refractivity (Wildman–Crippen MR) is 148 cm³/mol. The lowest BCUT2D eigenvalue weighted by molar-refractivity contribution is -0.0928. The van der Waals surface area contributed by atoms with Crippen molar-refractivity contribution >= 4 is 0 Å². The van der Waals surface area contributed by atoms with Gasteiger partial charge in [-0.05, 0) is 62.3 Å². The lowest BCUT2D eigenvalue weighted by Crippen LogP contribution is -2.29. The van der Waals surface area contributed by atoms with Crippen molar-refractivity contribution in [3.63, 3.8) is 0 Å². The summed E-state index contributed by atoms with van der Waals surface area (Å²) in [5.74, 6) is 0. The molecule has 0 aliphatic heterocycles. The van der Waals surface area contributed by atoms with E-state index in [9.17, 15) is 0 Å². The average Bonchev–Trinajstić information content (AvgIpc) is 2.73. The van der Waals surface area contributed by atoms with Crippen LogP contribution in [0.25, 0.3) is 0 Å². The summed E-state index contributed by atoms with van der Waals surface area (Å²) >= 11 is 0. The first-order valence-corrected chi connectivity index (χ1v) is 13.2. The maximum Gasteiger partial charge on any atom is 0.104 e. The molecular formula is C28H60O9. The Hall–Kier alpha value is -0.360. The highest BCUT2D eigenvalue weighted by atomic mass is 16.6. The van der Waals surface area contributed by atoms with E-state index in [2.05, 4.69) is 0 Å². The molecule has 226 valence electrons. The van der Waals surface area contributed by atoms with E-state index in [1.54, 1.807) is 0 Å². The lowest BCUT2D eigenvalue weighted by Gasteiger charge is -2.20. The molecular weight excluding hydrogens is 480 g/mol. The molecule has 0 aromatic rings. The smallest absolute Gasteiger partial charge is 0.104 e. The Morgan fingerprint density at radius 1 is 0.378 bits per heavy atom.